The van der Waals surface area contributed by atoms with Crippen molar-refractivity contribution in [2.24, 2.45) is 0 Å². The van der Waals surface area contributed by atoms with E-state index in [4.69, 9.17) is 4.74 Å². The van der Waals surface area contributed by atoms with Crippen LogP contribution in [0.15, 0.2) is 23.1 Å². The highest BCUT2D eigenvalue weighted by Crippen LogP contribution is 2.18. The second-order valence-corrected chi connectivity index (χ2v) is 8.28. The van der Waals surface area contributed by atoms with E-state index in [1.165, 1.54) is 4.68 Å². The van der Waals surface area contributed by atoms with Gasteiger partial charge in [0, 0.05) is 38.8 Å². The zero-order valence-corrected chi connectivity index (χ0v) is 17.7. The number of pyridine rings is 1. The first-order valence-electron chi connectivity index (χ1n) is 10.8. The summed E-state index contributed by atoms with van der Waals surface area (Å²) in [4.78, 5) is 31.6. The molecule has 2 aromatic heterocycles. The molecule has 30 heavy (non-hydrogen) atoms. The van der Waals surface area contributed by atoms with Gasteiger partial charge >= 0.3 is 5.69 Å². The number of aromatic nitrogens is 4. The van der Waals surface area contributed by atoms with Gasteiger partial charge in [0.05, 0.1) is 12.2 Å². The van der Waals surface area contributed by atoms with E-state index in [0.29, 0.717) is 13.1 Å². The van der Waals surface area contributed by atoms with Gasteiger partial charge < -0.3 is 15.0 Å². The predicted molar refractivity (Wildman–Crippen MR) is 112 cm³/mol. The minimum atomic E-state index is -0.231. The molecule has 2 atom stereocenters. The first-order chi connectivity index (χ1) is 14.5. The fraction of sp³-hybridized carbons (Fsp3) is 0.619. The number of rotatable bonds is 5. The van der Waals surface area contributed by atoms with Crippen LogP contribution in [0.2, 0.25) is 0 Å². The molecule has 9 nitrogen and oxygen atoms in total. The number of nitrogens with one attached hydrogen (secondary N) is 1. The lowest BCUT2D eigenvalue weighted by atomic mass is 10.2. The molecule has 1 saturated heterocycles. The summed E-state index contributed by atoms with van der Waals surface area (Å²) < 4.78 is 8.75. The summed E-state index contributed by atoms with van der Waals surface area (Å²) in [5, 5.41) is 7.22. The van der Waals surface area contributed by atoms with E-state index in [0.717, 1.165) is 56.0 Å². The van der Waals surface area contributed by atoms with E-state index < -0.39 is 0 Å². The lowest BCUT2D eigenvalue weighted by Crippen LogP contribution is -2.45. The van der Waals surface area contributed by atoms with Gasteiger partial charge in [0.2, 0.25) is 5.91 Å². The van der Waals surface area contributed by atoms with Crippen molar-refractivity contribution in [1.29, 1.82) is 0 Å². The van der Waals surface area contributed by atoms with E-state index >= 15 is 0 Å². The van der Waals surface area contributed by atoms with E-state index in [1.807, 2.05) is 12.1 Å². The molecule has 2 aliphatic heterocycles. The Labute approximate surface area is 176 Å². The van der Waals surface area contributed by atoms with Crippen LogP contribution in [0.4, 0.5) is 5.82 Å². The molecule has 2 aliphatic rings. The van der Waals surface area contributed by atoms with Crippen LogP contribution in [0.5, 0.6) is 0 Å². The summed E-state index contributed by atoms with van der Waals surface area (Å²) in [6, 6.07) is 3.95. The fourth-order valence-electron chi connectivity index (χ4n) is 4.19. The number of ether oxygens (including phenoxy) is 1. The Morgan fingerprint density at radius 3 is 2.73 bits per heavy atom. The maximum atomic E-state index is 12.5. The molecule has 162 valence electrons. The summed E-state index contributed by atoms with van der Waals surface area (Å²) in [6.07, 6.45) is 6.06. The molecule has 0 aliphatic carbocycles. The molecule has 0 aromatic carbocycles. The van der Waals surface area contributed by atoms with Crippen molar-refractivity contribution in [3.63, 3.8) is 0 Å². The maximum Gasteiger partial charge on any atom is 0.346 e. The third kappa shape index (κ3) is 4.72. The summed E-state index contributed by atoms with van der Waals surface area (Å²) in [7, 11) is 0. The lowest BCUT2D eigenvalue weighted by Gasteiger charge is -2.36. The van der Waals surface area contributed by atoms with Crippen LogP contribution in [0.3, 0.4) is 0 Å². The number of aryl methyl sites for hydroxylation is 1. The monoisotopic (exact) mass is 414 g/mol. The molecule has 0 spiro atoms. The van der Waals surface area contributed by atoms with Crippen LogP contribution >= 0.6 is 0 Å². The SMILES string of the molecule is CC1CN(c2ccc(CNC(=O)Cn3nc4n(c3=O)CCCCC4)cn2)CC(C)O1. The number of hydrogen-bond donors (Lipinski definition) is 1. The van der Waals surface area contributed by atoms with Crippen LogP contribution in [0.25, 0.3) is 0 Å². The summed E-state index contributed by atoms with van der Waals surface area (Å²) in [6.45, 7) is 6.76. The zero-order chi connectivity index (χ0) is 21.1. The van der Waals surface area contributed by atoms with Crippen LogP contribution < -0.4 is 15.9 Å². The average Bonchev–Trinajstić information content (AvgIpc) is 2.88. The van der Waals surface area contributed by atoms with Crippen molar-refractivity contribution in [3.05, 3.63) is 40.2 Å². The van der Waals surface area contributed by atoms with Crippen LogP contribution in [-0.4, -0.2) is 50.5 Å². The number of fused-ring (bicyclic) bond motifs is 1. The van der Waals surface area contributed by atoms with E-state index in [-0.39, 0.29) is 30.3 Å². The third-order valence-corrected chi connectivity index (χ3v) is 5.62. The van der Waals surface area contributed by atoms with Gasteiger partial charge in [0.1, 0.15) is 18.2 Å². The average molecular weight is 415 g/mol. The van der Waals surface area contributed by atoms with Crippen molar-refractivity contribution in [3.8, 4) is 0 Å². The second-order valence-electron chi connectivity index (χ2n) is 8.28. The number of morpholine rings is 1. The largest absolute Gasteiger partial charge is 0.372 e. The molecular formula is C21H30N6O3. The highest BCUT2D eigenvalue weighted by molar-refractivity contribution is 5.75. The first kappa shape index (κ1) is 20.6. The molecule has 9 heteroatoms. The van der Waals surface area contributed by atoms with Gasteiger partial charge in [-0.1, -0.05) is 12.5 Å². The Hall–Kier alpha value is -2.68. The number of carbonyl (C=O) groups excluding carboxylic acids is 1. The molecule has 1 amide bonds. The minimum absolute atomic E-state index is 0.0616. The van der Waals surface area contributed by atoms with Gasteiger partial charge in [-0.3, -0.25) is 9.36 Å². The van der Waals surface area contributed by atoms with Crippen molar-refractivity contribution in [2.75, 3.05) is 18.0 Å². The standard InChI is InChI=1S/C21H30N6O3/c1-15-12-25(13-16(2)30-15)18-8-7-17(10-22-18)11-23-20(28)14-27-21(29)26-9-5-3-4-6-19(26)24-27/h7-8,10,15-16H,3-6,9,11-14H2,1-2H3,(H,23,28). The fourth-order valence-corrected chi connectivity index (χ4v) is 4.19. The van der Waals surface area contributed by atoms with Gasteiger partial charge in [-0.2, -0.15) is 5.10 Å². The highest BCUT2D eigenvalue weighted by Gasteiger charge is 2.23. The molecule has 2 aromatic rings. The molecule has 1 N–H and O–H groups in total. The normalized spacial score (nSPS) is 21.7. The number of anilines is 1. The van der Waals surface area contributed by atoms with E-state index in [1.54, 1.807) is 10.8 Å². The van der Waals surface area contributed by atoms with Crippen LogP contribution in [0.1, 0.15) is 44.5 Å². The predicted octanol–water partition coefficient (Wildman–Crippen LogP) is 1.10. The van der Waals surface area contributed by atoms with Gasteiger partial charge in [0.25, 0.3) is 0 Å². The van der Waals surface area contributed by atoms with Crippen molar-refractivity contribution < 1.29 is 9.53 Å². The van der Waals surface area contributed by atoms with Gasteiger partial charge in [-0.15, -0.1) is 0 Å². The topological polar surface area (TPSA) is 94.3 Å². The second kappa shape index (κ2) is 8.99. The Balaban J connectivity index is 1.32. The molecule has 0 bridgehead atoms. The Morgan fingerprint density at radius 2 is 2.00 bits per heavy atom. The van der Waals surface area contributed by atoms with Gasteiger partial charge in [0.15, 0.2) is 0 Å². The first-order valence-corrected chi connectivity index (χ1v) is 10.8. The smallest absolute Gasteiger partial charge is 0.346 e. The highest BCUT2D eigenvalue weighted by atomic mass is 16.5. The number of amides is 1. The minimum Gasteiger partial charge on any atom is -0.372 e. The third-order valence-electron chi connectivity index (χ3n) is 5.62. The summed E-state index contributed by atoms with van der Waals surface area (Å²) in [5.41, 5.74) is 0.719. The molecule has 2 unspecified atom stereocenters. The molecule has 4 rings (SSSR count). The van der Waals surface area contributed by atoms with Gasteiger partial charge in [-0.05, 0) is 38.3 Å². The zero-order valence-electron chi connectivity index (χ0n) is 17.7. The Morgan fingerprint density at radius 1 is 1.20 bits per heavy atom. The van der Waals surface area contributed by atoms with E-state index in [9.17, 15) is 9.59 Å². The molecular weight excluding hydrogens is 384 g/mol. The lowest BCUT2D eigenvalue weighted by molar-refractivity contribution is -0.122. The maximum absolute atomic E-state index is 12.5. The number of nitrogens with zero attached hydrogens (tertiary/aromatic N) is 5. The molecule has 0 radical (unpaired) electrons. The molecule has 4 heterocycles. The van der Waals surface area contributed by atoms with Crippen LogP contribution in [-0.2, 0) is 35.6 Å². The summed E-state index contributed by atoms with van der Waals surface area (Å²) in [5.74, 6) is 1.47. The number of hydrogen-bond acceptors (Lipinski definition) is 6. The molecule has 0 saturated carbocycles. The van der Waals surface area contributed by atoms with Crippen molar-refractivity contribution in [1.82, 2.24) is 24.6 Å². The number of carbonyl (C=O) groups is 1. The van der Waals surface area contributed by atoms with Crippen molar-refractivity contribution in [2.45, 2.75) is 71.4 Å². The van der Waals surface area contributed by atoms with Crippen molar-refractivity contribution >= 4 is 11.7 Å². The molecule has 1 fully saturated rings. The summed E-state index contributed by atoms with van der Waals surface area (Å²) >= 11 is 0. The quantitative estimate of drug-likeness (QED) is 0.787. The Bertz CT molecular complexity index is 925. The Kier molecular flexibility index (Phi) is 6.17. The van der Waals surface area contributed by atoms with Crippen LogP contribution in [0, 0.1) is 0 Å². The van der Waals surface area contributed by atoms with E-state index in [2.05, 4.69) is 34.1 Å². The van der Waals surface area contributed by atoms with Gasteiger partial charge in [-0.25, -0.2) is 14.5 Å².